The molecule has 1 aliphatic heterocycles. The summed E-state index contributed by atoms with van der Waals surface area (Å²) >= 11 is 6.38. The molecule has 1 aliphatic rings. The van der Waals surface area contributed by atoms with Crippen molar-refractivity contribution in [1.29, 1.82) is 0 Å². The van der Waals surface area contributed by atoms with Gasteiger partial charge in [0.2, 0.25) is 0 Å². The molecule has 2 heterocycles. The fraction of sp³-hybridized carbons (Fsp3) is 0.636. The zero-order chi connectivity index (χ0) is 12.6. The van der Waals surface area contributed by atoms with Crippen LogP contribution in [0.5, 0.6) is 0 Å². The molecule has 0 radical (unpaired) electrons. The predicted octanol–water partition coefficient (Wildman–Crippen LogP) is 1.23. The average Bonchev–Trinajstić information content (AvgIpc) is 2.54. The Balaban J connectivity index is 2.40. The summed E-state index contributed by atoms with van der Waals surface area (Å²) in [7, 11) is 0. The van der Waals surface area contributed by atoms with Crippen LogP contribution in [0.1, 0.15) is 32.9 Å². The topological polar surface area (TPSA) is 64.1 Å². The molecule has 0 bridgehead atoms. The Bertz CT molecular complexity index is 520. The Morgan fingerprint density at radius 2 is 2.35 bits per heavy atom. The Labute approximate surface area is 103 Å². The van der Waals surface area contributed by atoms with E-state index in [0.717, 1.165) is 6.42 Å². The van der Waals surface area contributed by atoms with Crippen molar-refractivity contribution in [2.45, 2.75) is 43.9 Å². The minimum Gasteiger partial charge on any atom is -0.353 e. The number of rotatable bonds is 2. The zero-order valence-electron chi connectivity index (χ0n) is 9.77. The van der Waals surface area contributed by atoms with Crippen LogP contribution in [0.15, 0.2) is 21.9 Å². The van der Waals surface area contributed by atoms with Gasteiger partial charge < -0.3 is 4.74 Å². The summed E-state index contributed by atoms with van der Waals surface area (Å²) in [6.45, 7) is 3.85. The molecule has 1 N–H and O–H groups in total. The molecular weight excluding hydrogens is 244 g/mol. The molecule has 1 saturated heterocycles. The largest absolute Gasteiger partial charge is 0.353 e. The number of aromatic nitrogens is 2. The van der Waals surface area contributed by atoms with Crippen molar-refractivity contribution in [3.8, 4) is 0 Å². The number of ether oxygens (including phenoxy) is 1. The predicted molar refractivity (Wildman–Crippen MR) is 64.4 cm³/mol. The Kier molecular flexibility index (Phi) is 3.14. The van der Waals surface area contributed by atoms with Crippen LogP contribution in [0, 0.1) is 0 Å². The van der Waals surface area contributed by atoms with Gasteiger partial charge in [0.25, 0.3) is 5.56 Å². The standard InChI is InChI=1S/C11H15ClN2O3/c1-3-7-6-11(2,12)9(17-7)14-5-4-8(15)13-10(14)16/h4-5,7,9H,3,6H2,1-2H3,(H,13,15,16). The molecule has 6 heteroatoms. The lowest BCUT2D eigenvalue weighted by atomic mass is 10.0. The van der Waals surface area contributed by atoms with E-state index in [4.69, 9.17) is 16.3 Å². The zero-order valence-corrected chi connectivity index (χ0v) is 10.5. The summed E-state index contributed by atoms with van der Waals surface area (Å²) in [5.41, 5.74) is -0.918. The molecular formula is C11H15ClN2O3. The molecule has 3 unspecified atom stereocenters. The van der Waals surface area contributed by atoms with Crippen LogP contribution < -0.4 is 11.2 Å². The van der Waals surface area contributed by atoms with Gasteiger partial charge in [-0.3, -0.25) is 14.3 Å². The van der Waals surface area contributed by atoms with Gasteiger partial charge in [-0.15, -0.1) is 11.6 Å². The highest BCUT2D eigenvalue weighted by Crippen LogP contribution is 2.42. The van der Waals surface area contributed by atoms with Gasteiger partial charge in [0.05, 0.1) is 11.0 Å². The quantitative estimate of drug-likeness (QED) is 0.812. The van der Waals surface area contributed by atoms with Gasteiger partial charge in [0.1, 0.15) is 0 Å². The van der Waals surface area contributed by atoms with Crippen molar-refractivity contribution in [3.63, 3.8) is 0 Å². The van der Waals surface area contributed by atoms with Gasteiger partial charge >= 0.3 is 5.69 Å². The number of nitrogens with one attached hydrogen (secondary N) is 1. The summed E-state index contributed by atoms with van der Waals surface area (Å²) in [6, 6.07) is 1.29. The fourth-order valence-corrected chi connectivity index (χ4v) is 2.46. The fourth-order valence-electron chi connectivity index (χ4n) is 2.13. The maximum atomic E-state index is 11.7. The van der Waals surface area contributed by atoms with E-state index < -0.39 is 22.4 Å². The van der Waals surface area contributed by atoms with E-state index >= 15 is 0 Å². The molecule has 0 aliphatic carbocycles. The Morgan fingerprint density at radius 1 is 1.65 bits per heavy atom. The lowest BCUT2D eigenvalue weighted by Gasteiger charge is -2.24. The molecule has 2 rings (SSSR count). The van der Waals surface area contributed by atoms with E-state index in [2.05, 4.69) is 4.98 Å². The number of nitrogens with zero attached hydrogens (tertiary/aromatic N) is 1. The number of H-pyrrole nitrogens is 1. The number of alkyl halides is 1. The maximum Gasteiger partial charge on any atom is 0.330 e. The van der Waals surface area contributed by atoms with Crippen LogP contribution in [0.2, 0.25) is 0 Å². The number of aromatic amines is 1. The van der Waals surface area contributed by atoms with E-state index in [1.807, 2.05) is 13.8 Å². The SMILES string of the molecule is CCC1CC(C)(Cl)C(n2ccc(=O)[nH]c2=O)O1. The van der Waals surface area contributed by atoms with Crippen LogP contribution in [0.3, 0.4) is 0 Å². The van der Waals surface area contributed by atoms with Crippen molar-refractivity contribution in [2.24, 2.45) is 0 Å². The molecule has 17 heavy (non-hydrogen) atoms. The van der Waals surface area contributed by atoms with Gasteiger partial charge in [-0.05, 0) is 19.8 Å². The summed E-state index contributed by atoms with van der Waals surface area (Å²) in [5.74, 6) is 0. The lowest BCUT2D eigenvalue weighted by molar-refractivity contribution is -0.0101. The molecule has 0 saturated carbocycles. The number of hydrogen-bond acceptors (Lipinski definition) is 3. The Hall–Kier alpha value is -1.07. The lowest BCUT2D eigenvalue weighted by Crippen LogP contribution is -2.37. The second-order valence-corrected chi connectivity index (χ2v) is 5.38. The highest BCUT2D eigenvalue weighted by molar-refractivity contribution is 6.24. The van der Waals surface area contributed by atoms with Gasteiger partial charge in [0, 0.05) is 12.3 Å². The van der Waals surface area contributed by atoms with E-state index in [0.29, 0.717) is 6.42 Å². The smallest absolute Gasteiger partial charge is 0.330 e. The first-order valence-electron chi connectivity index (χ1n) is 5.60. The third-order valence-electron chi connectivity index (χ3n) is 3.02. The van der Waals surface area contributed by atoms with Gasteiger partial charge in [0.15, 0.2) is 6.23 Å². The van der Waals surface area contributed by atoms with Crippen molar-refractivity contribution in [3.05, 3.63) is 33.1 Å². The van der Waals surface area contributed by atoms with Crippen LogP contribution in [-0.4, -0.2) is 20.5 Å². The maximum absolute atomic E-state index is 11.7. The monoisotopic (exact) mass is 258 g/mol. The van der Waals surface area contributed by atoms with Crippen molar-refractivity contribution >= 4 is 11.6 Å². The molecule has 0 amide bonds. The molecule has 3 atom stereocenters. The van der Waals surface area contributed by atoms with Gasteiger partial charge in [-0.1, -0.05) is 6.92 Å². The minimum atomic E-state index is -0.636. The van der Waals surface area contributed by atoms with Crippen molar-refractivity contribution in [2.75, 3.05) is 0 Å². The minimum absolute atomic E-state index is 0.0429. The first-order chi connectivity index (χ1) is 7.94. The summed E-state index contributed by atoms with van der Waals surface area (Å²) in [6.07, 6.45) is 2.45. The molecule has 0 aromatic carbocycles. The van der Waals surface area contributed by atoms with E-state index in [9.17, 15) is 9.59 Å². The van der Waals surface area contributed by atoms with Crippen molar-refractivity contribution in [1.82, 2.24) is 9.55 Å². The van der Waals surface area contributed by atoms with Crippen LogP contribution in [0.25, 0.3) is 0 Å². The van der Waals surface area contributed by atoms with Crippen LogP contribution in [-0.2, 0) is 4.74 Å². The highest BCUT2D eigenvalue weighted by atomic mass is 35.5. The van der Waals surface area contributed by atoms with Gasteiger partial charge in [-0.25, -0.2) is 4.79 Å². The highest BCUT2D eigenvalue weighted by Gasteiger charge is 2.44. The molecule has 0 spiro atoms. The molecule has 1 aromatic heterocycles. The van der Waals surface area contributed by atoms with E-state index in [1.165, 1.54) is 16.8 Å². The molecule has 94 valence electrons. The van der Waals surface area contributed by atoms with Crippen LogP contribution >= 0.6 is 11.6 Å². The second kappa shape index (κ2) is 4.31. The normalized spacial score (nSPS) is 32.9. The molecule has 1 aromatic rings. The third-order valence-corrected chi connectivity index (χ3v) is 3.36. The van der Waals surface area contributed by atoms with E-state index in [-0.39, 0.29) is 6.10 Å². The second-order valence-electron chi connectivity index (χ2n) is 4.52. The average molecular weight is 259 g/mol. The van der Waals surface area contributed by atoms with Crippen LogP contribution in [0.4, 0.5) is 0 Å². The summed E-state index contributed by atoms with van der Waals surface area (Å²) in [5, 5.41) is 0. The first-order valence-corrected chi connectivity index (χ1v) is 5.97. The number of halogens is 1. The number of hydrogen-bond donors (Lipinski definition) is 1. The van der Waals surface area contributed by atoms with Crippen molar-refractivity contribution < 1.29 is 4.74 Å². The Morgan fingerprint density at radius 3 is 2.88 bits per heavy atom. The third kappa shape index (κ3) is 2.30. The summed E-state index contributed by atoms with van der Waals surface area (Å²) < 4.78 is 7.08. The molecule has 5 nitrogen and oxygen atoms in total. The van der Waals surface area contributed by atoms with Gasteiger partial charge in [-0.2, -0.15) is 0 Å². The van der Waals surface area contributed by atoms with E-state index in [1.54, 1.807) is 0 Å². The summed E-state index contributed by atoms with van der Waals surface area (Å²) in [4.78, 5) is 24.2. The first kappa shape index (κ1) is 12.4. The molecule has 1 fully saturated rings.